The number of amides is 1. The standard InChI is InChI=1S/C19H23FN2O3S/c1-19(2,3)14-8-6-13(7-9-14)18(23)21-16-12-15(20)10-11-17(16)22(4)26(5,24)25/h6-12H,1-5H3,(H,21,23). The van der Waals surface area contributed by atoms with Crippen molar-refractivity contribution < 1.29 is 17.6 Å². The Balaban J connectivity index is 2.33. The maximum atomic E-state index is 13.6. The van der Waals surface area contributed by atoms with Crippen LogP contribution >= 0.6 is 0 Å². The number of benzene rings is 2. The van der Waals surface area contributed by atoms with E-state index in [0.717, 1.165) is 28.3 Å². The van der Waals surface area contributed by atoms with Crippen LogP contribution in [-0.2, 0) is 15.4 Å². The number of nitrogens with one attached hydrogen (secondary N) is 1. The molecule has 0 fully saturated rings. The van der Waals surface area contributed by atoms with E-state index in [9.17, 15) is 17.6 Å². The highest BCUT2D eigenvalue weighted by molar-refractivity contribution is 7.92. The molecule has 2 rings (SSSR count). The number of sulfonamides is 1. The smallest absolute Gasteiger partial charge is 0.255 e. The quantitative estimate of drug-likeness (QED) is 0.881. The lowest BCUT2D eigenvalue weighted by Gasteiger charge is -2.21. The van der Waals surface area contributed by atoms with Gasteiger partial charge in [-0.1, -0.05) is 32.9 Å². The fourth-order valence-corrected chi connectivity index (χ4v) is 2.89. The monoisotopic (exact) mass is 378 g/mol. The molecule has 0 spiro atoms. The van der Waals surface area contributed by atoms with E-state index < -0.39 is 21.7 Å². The summed E-state index contributed by atoms with van der Waals surface area (Å²) in [6.45, 7) is 6.21. The average Bonchev–Trinajstić information content (AvgIpc) is 2.53. The van der Waals surface area contributed by atoms with Gasteiger partial charge in [-0.3, -0.25) is 9.10 Å². The number of halogens is 1. The van der Waals surface area contributed by atoms with Crippen molar-refractivity contribution in [1.29, 1.82) is 0 Å². The lowest BCUT2D eigenvalue weighted by molar-refractivity contribution is 0.102. The predicted molar refractivity (Wildman–Crippen MR) is 103 cm³/mol. The number of hydrogen-bond acceptors (Lipinski definition) is 3. The number of carbonyl (C=O) groups is 1. The number of rotatable bonds is 4. The zero-order valence-corrected chi connectivity index (χ0v) is 16.3. The summed E-state index contributed by atoms with van der Waals surface area (Å²) in [5.74, 6) is -1.02. The van der Waals surface area contributed by atoms with Crippen LogP contribution in [0.2, 0.25) is 0 Å². The summed E-state index contributed by atoms with van der Waals surface area (Å²) in [5, 5.41) is 2.59. The molecule has 7 heteroatoms. The first kappa shape index (κ1) is 19.9. The minimum absolute atomic E-state index is 0.0388. The molecule has 0 heterocycles. The van der Waals surface area contributed by atoms with Gasteiger partial charge in [-0.15, -0.1) is 0 Å². The van der Waals surface area contributed by atoms with E-state index in [0.29, 0.717) is 5.56 Å². The van der Waals surface area contributed by atoms with Gasteiger partial charge in [0.2, 0.25) is 10.0 Å². The molecule has 0 aliphatic heterocycles. The normalized spacial score (nSPS) is 11.9. The van der Waals surface area contributed by atoms with Crippen molar-refractivity contribution in [3.63, 3.8) is 0 Å². The topological polar surface area (TPSA) is 66.5 Å². The van der Waals surface area contributed by atoms with Gasteiger partial charge in [0.15, 0.2) is 0 Å². The molecule has 2 aromatic carbocycles. The van der Waals surface area contributed by atoms with Gasteiger partial charge in [0.25, 0.3) is 5.91 Å². The second kappa shape index (κ2) is 7.07. The Morgan fingerprint density at radius 2 is 1.65 bits per heavy atom. The van der Waals surface area contributed by atoms with E-state index in [1.54, 1.807) is 12.1 Å². The Bertz CT molecular complexity index is 917. The molecule has 1 amide bonds. The molecule has 140 valence electrons. The Hall–Kier alpha value is -2.41. The minimum Gasteiger partial charge on any atom is -0.320 e. The van der Waals surface area contributed by atoms with Crippen LogP contribution in [0.5, 0.6) is 0 Å². The number of anilines is 2. The van der Waals surface area contributed by atoms with Crippen LogP contribution in [0.25, 0.3) is 0 Å². The molecule has 0 unspecified atom stereocenters. The molecule has 5 nitrogen and oxygen atoms in total. The number of hydrogen-bond donors (Lipinski definition) is 1. The van der Waals surface area contributed by atoms with E-state index in [1.807, 2.05) is 12.1 Å². The summed E-state index contributed by atoms with van der Waals surface area (Å²) in [4.78, 5) is 12.5. The van der Waals surface area contributed by atoms with Crippen LogP contribution in [-0.4, -0.2) is 27.6 Å². The third-order valence-corrected chi connectivity index (χ3v) is 5.25. The molecule has 0 radical (unpaired) electrons. The molecule has 0 aromatic heterocycles. The van der Waals surface area contributed by atoms with E-state index in [1.165, 1.54) is 13.1 Å². The van der Waals surface area contributed by atoms with Gasteiger partial charge in [0, 0.05) is 12.6 Å². The van der Waals surface area contributed by atoms with Gasteiger partial charge in [-0.05, 0) is 41.3 Å². The molecule has 0 aliphatic rings. The summed E-state index contributed by atoms with van der Waals surface area (Å²) in [6, 6.07) is 10.7. The van der Waals surface area contributed by atoms with E-state index in [-0.39, 0.29) is 16.8 Å². The maximum Gasteiger partial charge on any atom is 0.255 e. The van der Waals surface area contributed by atoms with Gasteiger partial charge in [0.05, 0.1) is 17.6 Å². The molecule has 0 saturated carbocycles. The largest absolute Gasteiger partial charge is 0.320 e. The van der Waals surface area contributed by atoms with Gasteiger partial charge in [-0.25, -0.2) is 12.8 Å². The first-order valence-electron chi connectivity index (χ1n) is 8.05. The first-order chi connectivity index (χ1) is 11.9. The average molecular weight is 378 g/mol. The lowest BCUT2D eigenvalue weighted by atomic mass is 9.87. The second-order valence-electron chi connectivity index (χ2n) is 7.17. The van der Waals surface area contributed by atoms with Gasteiger partial charge < -0.3 is 5.32 Å². The van der Waals surface area contributed by atoms with Crippen molar-refractivity contribution >= 4 is 27.3 Å². The van der Waals surface area contributed by atoms with Gasteiger partial charge in [0.1, 0.15) is 5.82 Å². The highest BCUT2D eigenvalue weighted by Gasteiger charge is 2.19. The van der Waals surface area contributed by atoms with E-state index in [4.69, 9.17) is 0 Å². The van der Waals surface area contributed by atoms with Crippen LogP contribution in [0.4, 0.5) is 15.8 Å². The van der Waals surface area contributed by atoms with Gasteiger partial charge in [-0.2, -0.15) is 0 Å². The zero-order valence-electron chi connectivity index (χ0n) is 15.5. The maximum absolute atomic E-state index is 13.6. The Kier molecular flexibility index (Phi) is 5.41. The summed E-state index contributed by atoms with van der Waals surface area (Å²) in [5.41, 5.74) is 1.71. The molecule has 26 heavy (non-hydrogen) atoms. The molecule has 0 saturated heterocycles. The highest BCUT2D eigenvalue weighted by atomic mass is 32.2. The fourth-order valence-electron chi connectivity index (χ4n) is 2.38. The third-order valence-electron chi connectivity index (χ3n) is 4.06. The summed E-state index contributed by atoms with van der Waals surface area (Å²) in [7, 11) is -2.21. The molecular formula is C19H23FN2O3S. The molecule has 0 atom stereocenters. The molecule has 0 aliphatic carbocycles. The Morgan fingerprint density at radius 3 is 2.15 bits per heavy atom. The molecular weight excluding hydrogens is 355 g/mol. The van der Waals surface area contributed by atoms with Crippen LogP contribution < -0.4 is 9.62 Å². The van der Waals surface area contributed by atoms with Crippen molar-refractivity contribution in [3.8, 4) is 0 Å². The van der Waals surface area contributed by atoms with Crippen molar-refractivity contribution in [1.82, 2.24) is 0 Å². The Morgan fingerprint density at radius 1 is 1.08 bits per heavy atom. The lowest BCUT2D eigenvalue weighted by Crippen LogP contribution is -2.26. The molecule has 0 bridgehead atoms. The van der Waals surface area contributed by atoms with E-state index in [2.05, 4.69) is 26.1 Å². The first-order valence-corrected chi connectivity index (χ1v) is 9.90. The van der Waals surface area contributed by atoms with Crippen LogP contribution in [0.3, 0.4) is 0 Å². The summed E-state index contributed by atoms with van der Waals surface area (Å²) >= 11 is 0. The number of nitrogens with zero attached hydrogens (tertiary/aromatic N) is 1. The summed E-state index contributed by atoms with van der Waals surface area (Å²) < 4.78 is 38.2. The minimum atomic E-state index is -3.55. The van der Waals surface area contributed by atoms with Crippen molar-refractivity contribution in [3.05, 3.63) is 59.4 Å². The SMILES string of the molecule is CN(c1ccc(F)cc1NC(=O)c1ccc(C(C)(C)C)cc1)S(C)(=O)=O. The third kappa shape index (κ3) is 4.60. The highest BCUT2D eigenvalue weighted by Crippen LogP contribution is 2.28. The molecule has 1 N–H and O–H groups in total. The molecule has 2 aromatic rings. The van der Waals surface area contributed by atoms with Crippen LogP contribution in [0.15, 0.2) is 42.5 Å². The number of carbonyl (C=O) groups excluding carboxylic acids is 1. The zero-order chi connectivity index (χ0) is 19.7. The van der Waals surface area contributed by atoms with Crippen molar-refractivity contribution in [2.45, 2.75) is 26.2 Å². The van der Waals surface area contributed by atoms with Crippen molar-refractivity contribution in [2.75, 3.05) is 22.9 Å². The van der Waals surface area contributed by atoms with Crippen molar-refractivity contribution in [2.24, 2.45) is 0 Å². The van der Waals surface area contributed by atoms with Crippen LogP contribution in [0, 0.1) is 5.82 Å². The van der Waals surface area contributed by atoms with Gasteiger partial charge >= 0.3 is 0 Å². The fraction of sp³-hybridized carbons (Fsp3) is 0.316. The van der Waals surface area contributed by atoms with Crippen LogP contribution in [0.1, 0.15) is 36.7 Å². The van der Waals surface area contributed by atoms with E-state index >= 15 is 0 Å². The Labute approximate surface area is 153 Å². The predicted octanol–water partition coefficient (Wildman–Crippen LogP) is 3.77. The second-order valence-corrected chi connectivity index (χ2v) is 9.19. The summed E-state index contributed by atoms with van der Waals surface area (Å²) in [6.07, 6.45) is 1.03.